The van der Waals surface area contributed by atoms with E-state index in [1.807, 2.05) is 24.5 Å². The van der Waals surface area contributed by atoms with E-state index in [-0.39, 0.29) is 11.9 Å². The Kier molecular flexibility index (Phi) is 9.85. The second-order valence-corrected chi connectivity index (χ2v) is 8.88. The zero-order valence-electron chi connectivity index (χ0n) is 19.9. The van der Waals surface area contributed by atoms with Crippen molar-refractivity contribution in [3.05, 3.63) is 42.2 Å². The van der Waals surface area contributed by atoms with Crippen molar-refractivity contribution in [3.63, 3.8) is 0 Å². The number of cyclic esters (lactones) is 1. The second kappa shape index (κ2) is 13.1. The molecule has 1 aliphatic rings. The monoisotopic (exact) mass is 452 g/mol. The van der Waals surface area contributed by atoms with Gasteiger partial charge < -0.3 is 9.47 Å². The van der Waals surface area contributed by atoms with Crippen LogP contribution in [0, 0.1) is 5.92 Å². The third-order valence-electron chi connectivity index (χ3n) is 6.11. The largest absolute Gasteiger partial charge is 0.450 e. The molecule has 6 heteroatoms. The van der Waals surface area contributed by atoms with Crippen LogP contribution in [0.2, 0.25) is 0 Å². The Bertz CT molecular complexity index is 880. The van der Waals surface area contributed by atoms with Crippen LogP contribution in [0.15, 0.2) is 36.7 Å². The summed E-state index contributed by atoms with van der Waals surface area (Å²) in [5.41, 5.74) is 2.01. The van der Waals surface area contributed by atoms with Crippen molar-refractivity contribution in [3.8, 4) is 17.1 Å². The van der Waals surface area contributed by atoms with Gasteiger partial charge in [0.2, 0.25) is 0 Å². The van der Waals surface area contributed by atoms with E-state index in [0.717, 1.165) is 36.8 Å². The predicted octanol–water partition coefficient (Wildman–Crippen LogP) is 6.07. The summed E-state index contributed by atoms with van der Waals surface area (Å²) in [5.74, 6) is 0.0360. The van der Waals surface area contributed by atoms with E-state index < -0.39 is 12.1 Å². The van der Waals surface area contributed by atoms with Crippen molar-refractivity contribution in [2.24, 2.45) is 5.92 Å². The lowest BCUT2D eigenvalue weighted by atomic mass is 9.98. The van der Waals surface area contributed by atoms with Crippen molar-refractivity contribution < 1.29 is 19.1 Å². The predicted molar refractivity (Wildman–Crippen MR) is 128 cm³/mol. The molecule has 3 rings (SSSR count). The molecule has 1 aliphatic heterocycles. The van der Waals surface area contributed by atoms with Gasteiger partial charge in [-0.1, -0.05) is 58.8 Å². The fourth-order valence-electron chi connectivity index (χ4n) is 4.07. The number of hydrogen-bond donors (Lipinski definition) is 0. The van der Waals surface area contributed by atoms with Gasteiger partial charge in [-0.2, -0.15) is 0 Å². The molecule has 0 amide bonds. The Morgan fingerprint density at radius 2 is 1.64 bits per heavy atom. The molecule has 0 saturated carbocycles. The lowest BCUT2D eigenvalue weighted by Crippen LogP contribution is -2.25. The summed E-state index contributed by atoms with van der Waals surface area (Å²) in [4.78, 5) is 33.3. The summed E-state index contributed by atoms with van der Waals surface area (Å²) >= 11 is 0. The van der Waals surface area contributed by atoms with E-state index in [0.29, 0.717) is 18.0 Å². The van der Waals surface area contributed by atoms with Gasteiger partial charge in [0.05, 0.1) is 5.92 Å². The lowest BCUT2D eigenvalue weighted by molar-refractivity contribution is -0.156. The average molecular weight is 453 g/mol. The summed E-state index contributed by atoms with van der Waals surface area (Å²) < 4.78 is 10.7. The second-order valence-electron chi connectivity index (χ2n) is 8.88. The van der Waals surface area contributed by atoms with E-state index >= 15 is 0 Å². The van der Waals surface area contributed by atoms with Crippen LogP contribution in [0.4, 0.5) is 0 Å². The Hall–Kier alpha value is -2.76. The van der Waals surface area contributed by atoms with E-state index in [2.05, 4.69) is 23.8 Å². The smallest absolute Gasteiger partial charge is 0.352 e. The highest BCUT2D eigenvalue weighted by molar-refractivity contribution is 5.85. The Balaban J connectivity index is 1.47. The molecular formula is C27H36N2O4. The molecule has 0 spiro atoms. The van der Waals surface area contributed by atoms with Gasteiger partial charge in [-0.3, -0.25) is 4.79 Å². The number of hydrogen-bond acceptors (Lipinski definition) is 6. The van der Waals surface area contributed by atoms with Crippen molar-refractivity contribution in [2.45, 2.75) is 90.6 Å². The van der Waals surface area contributed by atoms with Crippen molar-refractivity contribution in [1.29, 1.82) is 0 Å². The van der Waals surface area contributed by atoms with Gasteiger partial charge in [0.25, 0.3) is 0 Å². The van der Waals surface area contributed by atoms with Crippen LogP contribution in [0.1, 0.15) is 83.6 Å². The van der Waals surface area contributed by atoms with Crippen LogP contribution in [-0.4, -0.2) is 28.0 Å². The third kappa shape index (κ3) is 7.65. The molecule has 178 valence electrons. The molecule has 6 nitrogen and oxygen atoms in total. The number of carbonyl (C=O) groups excluding carboxylic acids is 2. The topological polar surface area (TPSA) is 78.4 Å². The maximum atomic E-state index is 12.4. The fraction of sp³-hybridized carbons (Fsp3) is 0.556. The van der Waals surface area contributed by atoms with Crippen LogP contribution < -0.4 is 4.74 Å². The highest BCUT2D eigenvalue weighted by Gasteiger charge is 2.39. The van der Waals surface area contributed by atoms with Crippen molar-refractivity contribution in [1.82, 2.24) is 9.97 Å². The summed E-state index contributed by atoms with van der Waals surface area (Å²) in [6.07, 6.45) is 14.7. The van der Waals surface area contributed by atoms with E-state index in [4.69, 9.17) is 9.47 Å². The summed E-state index contributed by atoms with van der Waals surface area (Å²) in [6, 6.07) is 7.09. The maximum absolute atomic E-state index is 12.4. The van der Waals surface area contributed by atoms with E-state index in [1.54, 1.807) is 12.1 Å². The Labute approximate surface area is 197 Å². The number of aromatic nitrogens is 2. The molecule has 1 aromatic carbocycles. The lowest BCUT2D eigenvalue weighted by Gasteiger charge is -2.09. The molecule has 0 bridgehead atoms. The van der Waals surface area contributed by atoms with Crippen LogP contribution in [0.3, 0.4) is 0 Å². The minimum absolute atomic E-state index is 0.203. The van der Waals surface area contributed by atoms with Gasteiger partial charge >= 0.3 is 11.9 Å². The molecule has 2 heterocycles. The molecule has 33 heavy (non-hydrogen) atoms. The highest BCUT2D eigenvalue weighted by atomic mass is 16.6. The Morgan fingerprint density at radius 1 is 0.970 bits per heavy atom. The van der Waals surface area contributed by atoms with Crippen LogP contribution >= 0.6 is 0 Å². The molecule has 1 saturated heterocycles. The molecule has 0 N–H and O–H groups in total. The normalized spacial score (nSPS) is 17.7. The third-order valence-corrected chi connectivity index (χ3v) is 6.11. The average Bonchev–Trinajstić information content (AvgIpc) is 3.21. The first-order valence-corrected chi connectivity index (χ1v) is 12.4. The van der Waals surface area contributed by atoms with Crippen molar-refractivity contribution >= 4 is 11.9 Å². The molecule has 2 unspecified atom stereocenters. The van der Waals surface area contributed by atoms with Gasteiger partial charge in [0.15, 0.2) is 11.9 Å². The number of rotatable bonds is 13. The van der Waals surface area contributed by atoms with Crippen LogP contribution in [-0.2, 0) is 20.7 Å². The summed E-state index contributed by atoms with van der Waals surface area (Å²) in [6.45, 7) is 4.31. The number of ether oxygens (including phenoxy) is 2. The molecule has 2 aromatic rings. The number of esters is 2. The molecule has 0 radical (unpaired) electrons. The summed E-state index contributed by atoms with van der Waals surface area (Å²) in [5, 5.41) is 0. The molecular weight excluding hydrogens is 416 g/mol. The SMILES string of the molecule is CCCCCCCCc1cnc(-c2ccc(OC(=O)C3CC(CCCC)C(=O)O3)cc2)nc1. The van der Waals surface area contributed by atoms with Crippen LogP contribution in [0.25, 0.3) is 11.4 Å². The molecule has 2 atom stereocenters. The molecule has 0 aliphatic carbocycles. The van der Waals surface area contributed by atoms with Gasteiger partial charge in [0, 0.05) is 24.4 Å². The number of nitrogens with zero attached hydrogens (tertiary/aromatic N) is 2. The quantitative estimate of drug-likeness (QED) is 0.208. The zero-order chi connectivity index (χ0) is 23.5. The minimum atomic E-state index is -0.818. The van der Waals surface area contributed by atoms with E-state index in [1.165, 1.54) is 38.5 Å². The summed E-state index contributed by atoms with van der Waals surface area (Å²) in [7, 11) is 0. The van der Waals surface area contributed by atoms with Gasteiger partial charge in [-0.25, -0.2) is 14.8 Å². The highest BCUT2D eigenvalue weighted by Crippen LogP contribution is 2.27. The first-order valence-electron chi connectivity index (χ1n) is 12.4. The van der Waals surface area contributed by atoms with Gasteiger partial charge in [-0.15, -0.1) is 0 Å². The first kappa shape index (κ1) is 24.9. The van der Waals surface area contributed by atoms with E-state index in [9.17, 15) is 9.59 Å². The fourth-order valence-corrected chi connectivity index (χ4v) is 4.07. The Morgan fingerprint density at radius 3 is 2.33 bits per heavy atom. The zero-order valence-corrected chi connectivity index (χ0v) is 19.9. The minimum Gasteiger partial charge on any atom is -0.450 e. The standard InChI is InChI=1S/C27H36N2O4/c1-3-5-7-8-9-10-11-20-18-28-25(29-19-20)21-13-15-23(16-14-21)32-27(31)24-17-22(12-6-4-2)26(30)33-24/h13-16,18-19,22,24H,3-12,17H2,1-2H3. The van der Waals surface area contributed by atoms with Gasteiger partial charge in [0.1, 0.15) is 5.75 Å². The number of carbonyl (C=O) groups is 2. The number of unbranched alkanes of at least 4 members (excludes halogenated alkanes) is 6. The van der Waals surface area contributed by atoms with Crippen molar-refractivity contribution in [2.75, 3.05) is 0 Å². The van der Waals surface area contributed by atoms with Gasteiger partial charge in [-0.05, 0) is 49.1 Å². The maximum Gasteiger partial charge on any atom is 0.352 e. The first-order chi connectivity index (χ1) is 16.1. The van der Waals surface area contributed by atoms with Crippen LogP contribution in [0.5, 0.6) is 5.75 Å². The number of benzene rings is 1. The number of aryl methyl sites for hydroxylation is 1. The molecule has 1 aromatic heterocycles. The molecule has 1 fully saturated rings.